The zero-order chi connectivity index (χ0) is 16.7. The molecule has 1 fully saturated rings. The maximum atomic E-state index is 14.3. The molecule has 1 aromatic rings. The van der Waals surface area contributed by atoms with Gasteiger partial charge in [0, 0.05) is 17.7 Å². The average Bonchev–Trinajstić information content (AvgIpc) is 2.61. The van der Waals surface area contributed by atoms with Crippen molar-refractivity contribution in [2.45, 2.75) is 38.9 Å². The number of halogens is 1. The van der Waals surface area contributed by atoms with E-state index in [1.165, 1.54) is 0 Å². The smallest absolute Gasteiger partial charge is 0.507 e. The van der Waals surface area contributed by atoms with Crippen molar-refractivity contribution >= 4 is 18.9 Å². The molecule has 0 radical (unpaired) electrons. The van der Waals surface area contributed by atoms with Gasteiger partial charge in [-0.25, -0.2) is 4.39 Å². The second-order valence-corrected chi connectivity index (χ2v) is 6.12. The number of phenols is 1. The molecule has 0 unspecified atom stereocenters. The maximum absolute atomic E-state index is 14.3. The van der Waals surface area contributed by atoms with Crippen LogP contribution in [0.25, 0.3) is 6.08 Å². The Labute approximate surface area is 127 Å². The molecule has 1 N–H and O–H groups in total. The van der Waals surface area contributed by atoms with Crippen molar-refractivity contribution in [3.05, 3.63) is 39.6 Å². The highest BCUT2D eigenvalue weighted by Crippen LogP contribution is 2.39. The van der Waals surface area contributed by atoms with Crippen LogP contribution in [0.1, 0.15) is 33.3 Å². The van der Waals surface area contributed by atoms with Crippen molar-refractivity contribution in [3.63, 3.8) is 0 Å². The number of nitro groups is 1. The Hall–Kier alpha value is -1.93. The molecule has 0 aromatic heterocycles. The molecule has 0 aliphatic carbocycles. The van der Waals surface area contributed by atoms with Crippen LogP contribution in [0, 0.1) is 10.1 Å². The largest absolute Gasteiger partial charge is 0.525 e. The molecular formula is C14H17BFNO5. The van der Waals surface area contributed by atoms with Crippen LogP contribution in [0.15, 0.2) is 23.9 Å². The molecule has 2 rings (SSSR count). The van der Waals surface area contributed by atoms with Crippen LogP contribution in [0.5, 0.6) is 5.75 Å². The number of nitro benzene ring substituents is 1. The van der Waals surface area contributed by atoms with E-state index in [2.05, 4.69) is 0 Å². The Kier molecular flexibility index (Phi) is 4.01. The number of non-ortho nitro benzene ring substituents is 1. The van der Waals surface area contributed by atoms with Crippen LogP contribution in [0.4, 0.5) is 10.1 Å². The fourth-order valence-corrected chi connectivity index (χ4v) is 1.94. The second kappa shape index (κ2) is 5.37. The first kappa shape index (κ1) is 16.4. The fourth-order valence-electron chi connectivity index (χ4n) is 1.94. The topological polar surface area (TPSA) is 81.8 Å². The summed E-state index contributed by atoms with van der Waals surface area (Å²) in [7, 11) is -1.22. The molecular weight excluding hydrogens is 292 g/mol. The van der Waals surface area contributed by atoms with Crippen LogP contribution in [-0.2, 0) is 9.31 Å². The molecule has 0 saturated carbocycles. The van der Waals surface area contributed by atoms with Gasteiger partial charge in [-0.2, -0.15) is 0 Å². The van der Waals surface area contributed by atoms with Gasteiger partial charge < -0.3 is 14.4 Å². The van der Waals surface area contributed by atoms with Gasteiger partial charge in [0.05, 0.1) is 16.1 Å². The molecule has 1 aromatic carbocycles. The number of aromatic hydroxyl groups is 1. The number of rotatable bonds is 3. The fraction of sp³-hybridized carbons (Fsp3) is 0.429. The third-order valence-corrected chi connectivity index (χ3v) is 3.99. The van der Waals surface area contributed by atoms with Gasteiger partial charge in [0.15, 0.2) is 0 Å². The minimum absolute atomic E-state index is 0.0126. The first-order chi connectivity index (χ1) is 10.0. The molecule has 1 saturated heterocycles. The maximum Gasteiger partial charge on any atom is 0.525 e. The lowest BCUT2D eigenvalue weighted by Gasteiger charge is -2.32. The van der Waals surface area contributed by atoms with E-state index in [9.17, 15) is 19.6 Å². The summed E-state index contributed by atoms with van der Waals surface area (Å²) in [5.41, 5.74) is -2.43. The van der Waals surface area contributed by atoms with Gasteiger partial charge in [0.25, 0.3) is 5.69 Å². The zero-order valence-electron chi connectivity index (χ0n) is 12.8. The number of benzene rings is 1. The summed E-state index contributed by atoms with van der Waals surface area (Å²) in [6.07, 6.45) is 0.977. The Morgan fingerprint density at radius 3 is 2.36 bits per heavy atom. The molecule has 6 nitrogen and oxygen atoms in total. The molecule has 1 heterocycles. The van der Waals surface area contributed by atoms with Crippen molar-refractivity contribution in [2.75, 3.05) is 0 Å². The Morgan fingerprint density at radius 2 is 1.86 bits per heavy atom. The molecule has 1 aliphatic rings. The van der Waals surface area contributed by atoms with E-state index in [1.807, 2.05) is 0 Å². The molecule has 22 heavy (non-hydrogen) atoms. The van der Waals surface area contributed by atoms with Crippen molar-refractivity contribution in [3.8, 4) is 5.75 Å². The van der Waals surface area contributed by atoms with Crippen LogP contribution in [-0.4, -0.2) is 28.4 Å². The SMILES string of the molecule is CC1(C)OB(C(F)=Cc2cc([N+](=O)[O-])ccc2O)OC1(C)C. The third kappa shape index (κ3) is 2.98. The van der Waals surface area contributed by atoms with Crippen molar-refractivity contribution in [1.82, 2.24) is 0 Å². The van der Waals surface area contributed by atoms with Crippen LogP contribution in [0.3, 0.4) is 0 Å². The molecule has 118 valence electrons. The predicted octanol–water partition coefficient (Wildman–Crippen LogP) is 3.24. The van der Waals surface area contributed by atoms with Crippen molar-refractivity contribution in [1.29, 1.82) is 0 Å². The lowest BCUT2D eigenvalue weighted by atomic mass is 9.86. The standard InChI is InChI=1S/C14H17BFNO5/c1-13(2)14(3,4)22-15(21-13)12(16)8-9-7-10(17(19)20)5-6-11(9)18/h5-8,18H,1-4H3. The van der Waals surface area contributed by atoms with E-state index >= 15 is 0 Å². The molecule has 0 spiro atoms. The number of hydrogen-bond donors (Lipinski definition) is 1. The number of nitrogens with zero attached hydrogens (tertiary/aromatic N) is 1. The van der Waals surface area contributed by atoms with E-state index < -0.39 is 29.0 Å². The summed E-state index contributed by atoms with van der Waals surface area (Å²) in [5, 5.41) is 20.4. The highest BCUT2D eigenvalue weighted by Gasteiger charge is 2.53. The molecule has 0 atom stereocenters. The predicted molar refractivity (Wildman–Crippen MR) is 79.9 cm³/mol. The van der Waals surface area contributed by atoms with Gasteiger partial charge in [0.2, 0.25) is 0 Å². The summed E-state index contributed by atoms with van der Waals surface area (Å²) in [5.74, 6) is -0.266. The summed E-state index contributed by atoms with van der Waals surface area (Å²) in [4.78, 5) is 10.1. The molecule has 1 aliphatic heterocycles. The molecule has 0 bridgehead atoms. The van der Waals surface area contributed by atoms with Crippen LogP contribution in [0.2, 0.25) is 0 Å². The number of phenolic OH excluding ortho intramolecular Hbond substituents is 1. The van der Waals surface area contributed by atoms with Gasteiger partial charge in [0.1, 0.15) is 11.5 Å². The minimum Gasteiger partial charge on any atom is -0.507 e. The molecule has 0 amide bonds. The summed E-state index contributed by atoms with van der Waals surface area (Å²) in [6.45, 7) is 7.13. The van der Waals surface area contributed by atoms with Gasteiger partial charge in [-0.15, -0.1) is 0 Å². The highest BCUT2D eigenvalue weighted by atomic mass is 19.1. The summed E-state index contributed by atoms with van der Waals surface area (Å²) in [6, 6.07) is 3.36. The monoisotopic (exact) mass is 309 g/mol. The van der Waals surface area contributed by atoms with Gasteiger partial charge in [-0.05, 0) is 39.8 Å². The average molecular weight is 309 g/mol. The Balaban J connectivity index is 2.31. The van der Waals surface area contributed by atoms with Gasteiger partial charge >= 0.3 is 7.12 Å². The third-order valence-electron chi connectivity index (χ3n) is 3.99. The van der Waals surface area contributed by atoms with Crippen LogP contribution < -0.4 is 0 Å². The summed E-state index contributed by atoms with van der Waals surface area (Å²) >= 11 is 0. The zero-order valence-corrected chi connectivity index (χ0v) is 12.8. The van der Waals surface area contributed by atoms with E-state index in [-0.39, 0.29) is 17.0 Å². The van der Waals surface area contributed by atoms with Gasteiger partial charge in [-0.1, -0.05) is 0 Å². The first-order valence-electron chi connectivity index (χ1n) is 6.74. The van der Waals surface area contributed by atoms with E-state index in [0.29, 0.717) is 0 Å². The summed E-state index contributed by atoms with van der Waals surface area (Å²) < 4.78 is 25.4. The van der Waals surface area contributed by atoms with Gasteiger partial charge in [-0.3, -0.25) is 10.1 Å². The highest BCUT2D eigenvalue weighted by molar-refractivity contribution is 6.54. The van der Waals surface area contributed by atoms with Crippen LogP contribution >= 0.6 is 0 Å². The molecule has 8 heteroatoms. The van der Waals surface area contributed by atoms with E-state index in [4.69, 9.17) is 9.31 Å². The number of hydrogen-bond acceptors (Lipinski definition) is 5. The lowest BCUT2D eigenvalue weighted by molar-refractivity contribution is -0.384. The second-order valence-electron chi connectivity index (χ2n) is 6.12. The Bertz CT molecular complexity index is 628. The Morgan fingerprint density at radius 1 is 1.32 bits per heavy atom. The van der Waals surface area contributed by atoms with E-state index in [0.717, 1.165) is 24.3 Å². The van der Waals surface area contributed by atoms with Crippen molar-refractivity contribution < 1.29 is 23.7 Å². The lowest BCUT2D eigenvalue weighted by Crippen LogP contribution is -2.41. The van der Waals surface area contributed by atoms with Crippen molar-refractivity contribution in [2.24, 2.45) is 0 Å². The first-order valence-corrected chi connectivity index (χ1v) is 6.74. The normalized spacial score (nSPS) is 20.2. The quantitative estimate of drug-likeness (QED) is 0.526. The van der Waals surface area contributed by atoms with E-state index in [1.54, 1.807) is 27.7 Å². The minimum atomic E-state index is -1.22.